The molecule has 1 aliphatic rings. The van der Waals surface area contributed by atoms with Gasteiger partial charge in [0.15, 0.2) is 0 Å². The Kier molecular flexibility index (Phi) is 6.39. The van der Waals surface area contributed by atoms with E-state index in [1.807, 2.05) is 50.2 Å². The number of fused-ring (bicyclic) bond motifs is 1. The molecule has 1 unspecified atom stereocenters. The van der Waals surface area contributed by atoms with Crippen LogP contribution in [0.1, 0.15) is 29.7 Å². The first-order valence-corrected chi connectivity index (χ1v) is 11.6. The number of carbonyl (C=O) groups excluding carboxylic acids is 1. The Labute approximate surface area is 211 Å². The molecule has 36 heavy (non-hydrogen) atoms. The lowest BCUT2D eigenvalue weighted by Gasteiger charge is -2.28. The van der Waals surface area contributed by atoms with Gasteiger partial charge >= 0.3 is 0 Å². The van der Waals surface area contributed by atoms with Gasteiger partial charge in [0.2, 0.25) is 5.95 Å². The van der Waals surface area contributed by atoms with Crippen LogP contribution in [0.5, 0.6) is 5.75 Å². The van der Waals surface area contributed by atoms with Crippen LogP contribution in [0.15, 0.2) is 78.0 Å². The van der Waals surface area contributed by atoms with E-state index in [-0.39, 0.29) is 18.1 Å². The Hall–Kier alpha value is -4.24. The average Bonchev–Trinajstić information content (AvgIpc) is 3.33. The van der Waals surface area contributed by atoms with Crippen molar-refractivity contribution in [3.8, 4) is 5.75 Å². The van der Waals surface area contributed by atoms with Crippen LogP contribution in [0, 0.1) is 12.7 Å². The fraction of sp³-hybridized carbons (Fsp3) is 0.154. The number of tetrazole rings is 1. The minimum Gasteiger partial charge on any atom is -0.489 e. The molecule has 1 aromatic heterocycles. The van der Waals surface area contributed by atoms with Crippen LogP contribution in [-0.4, -0.2) is 26.1 Å². The van der Waals surface area contributed by atoms with E-state index in [0.29, 0.717) is 28.0 Å². The zero-order valence-corrected chi connectivity index (χ0v) is 20.3. The van der Waals surface area contributed by atoms with Gasteiger partial charge in [-0.2, -0.15) is 4.68 Å². The van der Waals surface area contributed by atoms with Crippen molar-refractivity contribution in [2.45, 2.75) is 26.5 Å². The van der Waals surface area contributed by atoms with Gasteiger partial charge in [-0.25, -0.2) is 4.39 Å². The van der Waals surface area contributed by atoms with E-state index in [9.17, 15) is 9.18 Å². The third-order valence-corrected chi connectivity index (χ3v) is 6.35. The van der Waals surface area contributed by atoms with Gasteiger partial charge in [0.25, 0.3) is 5.91 Å². The number of hydrogen-bond acceptors (Lipinski definition) is 6. The highest BCUT2D eigenvalue weighted by atomic mass is 35.5. The van der Waals surface area contributed by atoms with Crippen LogP contribution in [0.2, 0.25) is 5.02 Å². The van der Waals surface area contributed by atoms with Gasteiger partial charge in [0.05, 0.1) is 10.6 Å². The number of nitrogens with zero attached hydrogens (tertiary/aromatic N) is 4. The second-order valence-electron chi connectivity index (χ2n) is 8.34. The summed E-state index contributed by atoms with van der Waals surface area (Å²) in [6, 6.07) is 18.7. The lowest BCUT2D eigenvalue weighted by molar-refractivity contribution is -0.113. The standard InChI is InChI=1S/C26H22ClFN6O2/c1-15-6-3-4-9-22(15)30-25(35)23-16(2)29-26-31-32-33-34(26)24(23)17-10-12-18(13-11-17)36-14-19-20(27)7-5-8-21(19)28/h3-13,24H,14H2,1-2H3,(H,30,35)(H,29,31,33). The summed E-state index contributed by atoms with van der Waals surface area (Å²) in [6.45, 7) is 3.73. The van der Waals surface area contributed by atoms with Crippen molar-refractivity contribution in [2.75, 3.05) is 10.6 Å². The summed E-state index contributed by atoms with van der Waals surface area (Å²) in [5.41, 5.74) is 3.85. The third-order valence-electron chi connectivity index (χ3n) is 5.99. The Bertz CT molecular complexity index is 1450. The van der Waals surface area contributed by atoms with Gasteiger partial charge in [0.1, 0.15) is 24.2 Å². The molecule has 1 aliphatic heterocycles. The molecule has 0 spiro atoms. The number of ether oxygens (including phenoxy) is 1. The molecule has 4 aromatic rings. The molecule has 0 fully saturated rings. The summed E-state index contributed by atoms with van der Waals surface area (Å²) < 4.78 is 21.4. The number of amides is 1. The maximum atomic E-state index is 14.1. The summed E-state index contributed by atoms with van der Waals surface area (Å²) in [4.78, 5) is 13.5. The predicted molar refractivity (Wildman–Crippen MR) is 134 cm³/mol. The van der Waals surface area contributed by atoms with E-state index in [1.54, 1.807) is 28.9 Å². The molecule has 8 nitrogen and oxygen atoms in total. The molecule has 1 atom stereocenters. The lowest BCUT2D eigenvalue weighted by Crippen LogP contribution is -2.31. The highest BCUT2D eigenvalue weighted by Crippen LogP contribution is 2.36. The Morgan fingerprint density at radius 3 is 2.64 bits per heavy atom. The highest BCUT2D eigenvalue weighted by Gasteiger charge is 2.34. The van der Waals surface area contributed by atoms with Crippen LogP contribution < -0.4 is 15.4 Å². The first-order chi connectivity index (χ1) is 17.4. The first-order valence-electron chi connectivity index (χ1n) is 11.2. The molecule has 0 saturated carbocycles. The fourth-order valence-electron chi connectivity index (χ4n) is 4.09. The van der Waals surface area contributed by atoms with Gasteiger partial charge < -0.3 is 15.4 Å². The van der Waals surface area contributed by atoms with Crippen LogP contribution in [-0.2, 0) is 11.4 Å². The Morgan fingerprint density at radius 2 is 1.89 bits per heavy atom. The molecule has 1 amide bonds. The summed E-state index contributed by atoms with van der Waals surface area (Å²) in [6.07, 6.45) is 0. The van der Waals surface area contributed by atoms with Crippen molar-refractivity contribution in [2.24, 2.45) is 0 Å². The van der Waals surface area contributed by atoms with Crippen LogP contribution in [0.3, 0.4) is 0 Å². The zero-order chi connectivity index (χ0) is 25.2. The van der Waals surface area contributed by atoms with Gasteiger partial charge in [-0.3, -0.25) is 4.79 Å². The first kappa shape index (κ1) is 23.5. The minimum atomic E-state index is -0.574. The number of para-hydroxylation sites is 1. The van der Waals surface area contributed by atoms with Crippen molar-refractivity contribution >= 4 is 29.1 Å². The number of hydrogen-bond donors (Lipinski definition) is 2. The fourth-order valence-corrected chi connectivity index (χ4v) is 4.31. The normalized spacial score (nSPS) is 14.7. The number of nitrogens with one attached hydrogen (secondary N) is 2. The van der Waals surface area contributed by atoms with Gasteiger partial charge in [-0.05, 0) is 65.7 Å². The number of aromatic nitrogens is 4. The van der Waals surface area contributed by atoms with Crippen molar-refractivity contribution in [1.29, 1.82) is 0 Å². The smallest absolute Gasteiger partial charge is 0.255 e. The number of anilines is 2. The SMILES string of the molecule is CC1=C(C(=O)Nc2ccccc2C)C(c2ccc(OCc3c(F)cccc3Cl)cc2)n2nnnc2N1. The van der Waals surface area contributed by atoms with E-state index >= 15 is 0 Å². The molecule has 3 aromatic carbocycles. The zero-order valence-electron chi connectivity index (χ0n) is 19.5. The molecule has 182 valence electrons. The number of aryl methyl sites for hydroxylation is 1. The Morgan fingerprint density at radius 1 is 1.11 bits per heavy atom. The minimum absolute atomic E-state index is 0.0154. The molecule has 5 rings (SSSR count). The lowest BCUT2D eigenvalue weighted by atomic mass is 9.95. The number of benzene rings is 3. The van der Waals surface area contributed by atoms with Crippen molar-refractivity contribution in [1.82, 2.24) is 20.2 Å². The molecule has 0 aliphatic carbocycles. The van der Waals surface area contributed by atoms with E-state index in [2.05, 4.69) is 26.2 Å². The molecule has 0 radical (unpaired) electrons. The topological polar surface area (TPSA) is 94.0 Å². The quantitative estimate of drug-likeness (QED) is 0.371. The largest absolute Gasteiger partial charge is 0.489 e. The number of rotatable bonds is 6. The molecule has 0 bridgehead atoms. The molecule has 2 N–H and O–H groups in total. The Balaban J connectivity index is 1.42. The second-order valence-corrected chi connectivity index (χ2v) is 8.75. The van der Waals surface area contributed by atoms with E-state index in [1.165, 1.54) is 6.07 Å². The van der Waals surface area contributed by atoms with Crippen LogP contribution in [0.25, 0.3) is 0 Å². The average molecular weight is 505 g/mol. The monoisotopic (exact) mass is 504 g/mol. The summed E-state index contributed by atoms with van der Waals surface area (Å²) in [5, 5.41) is 18.3. The number of halogens is 2. The summed E-state index contributed by atoms with van der Waals surface area (Å²) >= 11 is 6.10. The molecule has 10 heteroatoms. The summed E-state index contributed by atoms with van der Waals surface area (Å²) in [5.74, 6) is 0.259. The number of allylic oxidation sites excluding steroid dienone is 1. The van der Waals surface area contributed by atoms with E-state index < -0.39 is 11.9 Å². The van der Waals surface area contributed by atoms with Crippen LogP contribution >= 0.6 is 11.6 Å². The molecular formula is C26H22ClFN6O2. The second kappa shape index (κ2) is 9.79. The van der Waals surface area contributed by atoms with E-state index in [4.69, 9.17) is 16.3 Å². The number of carbonyl (C=O) groups is 1. The van der Waals surface area contributed by atoms with Gasteiger partial charge in [-0.1, -0.05) is 53.1 Å². The van der Waals surface area contributed by atoms with Crippen molar-refractivity contribution in [3.63, 3.8) is 0 Å². The maximum absolute atomic E-state index is 14.1. The van der Waals surface area contributed by atoms with Crippen molar-refractivity contribution in [3.05, 3.63) is 106 Å². The van der Waals surface area contributed by atoms with Gasteiger partial charge in [-0.15, -0.1) is 0 Å². The molecular weight excluding hydrogens is 483 g/mol. The molecule has 2 heterocycles. The molecule has 0 saturated heterocycles. The van der Waals surface area contributed by atoms with Gasteiger partial charge in [0, 0.05) is 16.9 Å². The highest BCUT2D eigenvalue weighted by molar-refractivity contribution is 6.31. The maximum Gasteiger partial charge on any atom is 0.255 e. The van der Waals surface area contributed by atoms with Crippen molar-refractivity contribution < 1.29 is 13.9 Å². The summed E-state index contributed by atoms with van der Waals surface area (Å²) in [7, 11) is 0. The third kappa shape index (κ3) is 4.52. The van der Waals surface area contributed by atoms with Crippen LogP contribution in [0.4, 0.5) is 16.0 Å². The predicted octanol–water partition coefficient (Wildman–Crippen LogP) is 5.28. The van der Waals surface area contributed by atoms with E-state index in [0.717, 1.165) is 16.8 Å².